The molecule has 124 valence electrons. The first-order chi connectivity index (χ1) is 11.6. The molecule has 0 aliphatic heterocycles. The lowest BCUT2D eigenvalue weighted by molar-refractivity contribution is 0.104. The highest BCUT2D eigenvalue weighted by atomic mass is 16.3. The molecule has 0 unspecified atom stereocenters. The Morgan fingerprint density at radius 3 is 3.00 bits per heavy atom. The van der Waals surface area contributed by atoms with Gasteiger partial charge in [-0.05, 0) is 78.7 Å². The molecule has 24 heavy (non-hydrogen) atoms. The number of benzene rings is 1. The Hall–Kier alpha value is -2.10. The van der Waals surface area contributed by atoms with E-state index in [1.165, 1.54) is 35.2 Å². The van der Waals surface area contributed by atoms with Gasteiger partial charge in [0.15, 0.2) is 0 Å². The van der Waals surface area contributed by atoms with Crippen molar-refractivity contribution in [1.82, 2.24) is 9.97 Å². The molecule has 1 heterocycles. The van der Waals surface area contributed by atoms with Crippen LogP contribution >= 0.6 is 0 Å². The summed E-state index contributed by atoms with van der Waals surface area (Å²) in [7, 11) is 0. The Morgan fingerprint density at radius 2 is 2.12 bits per heavy atom. The minimum Gasteiger partial charge on any atom is -0.508 e. The third kappa shape index (κ3) is 1.80. The van der Waals surface area contributed by atoms with Crippen LogP contribution in [-0.4, -0.2) is 15.1 Å². The Balaban J connectivity index is 1.56. The molecule has 0 spiro atoms. The molecule has 1 aromatic carbocycles. The van der Waals surface area contributed by atoms with E-state index in [1.54, 1.807) is 0 Å². The van der Waals surface area contributed by atoms with Crippen LogP contribution < -0.4 is 5.73 Å². The van der Waals surface area contributed by atoms with Gasteiger partial charge < -0.3 is 10.8 Å². The number of nitrogens with two attached hydrogens (primary N) is 1. The lowest BCUT2D eigenvalue weighted by Gasteiger charge is -2.49. The number of fused-ring (bicyclic) bond motifs is 7. The number of rotatable bonds is 0. The molecule has 4 nitrogen and oxygen atoms in total. The van der Waals surface area contributed by atoms with Gasteiger partial charge in [0.05, 0.1) is 5.69 Å². The zero-order valence-corrected chi connectivity index (χ0v) is 14.0. The fraction of sp³-hybridized carbons (Fsp3) is 0.500. The van der Waals surface area contributed by atoms with Crippen LogP contribution in [0.15, 0.2) is 24.4 Å². The molecule has 4 heteroatoms. The van der Waals surface area contributed by atoms with E-state index in [0.29, 0.717) is 29.5 Å². The van der Waals surface area contributed by atoms with E-state index in [-0.39, 0.29) is 5.41 Å². The molecular weight excluding hydrogens is 298 g/mol. The molecule has 2 aromatic rings. The van der Waals surface area contributed by atoms with Crippen molar-refractivity contribution in [1.29, 1.82) is 0 Å². The Morgan fingerprint density at radius 1 is 1.25 bits per heavy atom. The zero-order valence-electron chi connectivity index (χ0n) is 14.0. The van der Waals surface area contributed by atoms with Crippen LogP contribution in [0.5, 0.6) is 5.75 Å². The van der Waals surface area contributed by atoms with Gasteiger partial charge in [-0.15, -0.1) is 0 Å². The molecule has 4 atom stereocenters. The number of aromatic nitrogens is 2. The van der Waals surface area contributed by atoms with Crippen LogP contribution in [0.2, 0.25) is 0 Å². The Labute approximate surface area is 142 Å². The maximum Gasteiger partial charge on any atom is 0.220 e. The largest absolute Gasteiger partial charge is 0.508 e. The van der Waals surface area contributed by atoms with Gasteiger partial charge in [-0.25, -0.2) is 9.97 Å². The predicted octanol–water partition coefficient (Wildman–Crippen LogP) is 3.33. The topological polar surface area (TPSA) is 72.0 Å². The monoisotopic (exact) mass is 321 g/mol. The highest BCUT2D eigenvalue weighted by Gasteiger charge is 2.53. The van der Waals surface area contributed by atoms with Crippen LogP contribution in [0, 0.1) is 11.8 Å². The normalized spacial score (nSPS) is 33.3. The summed E-state index contributed by atoms with van der Waals surface area (Å²) in [6, 6.07) is 5.98. The fourth-order valence-corrected chi connectivity index (χ4v) is 5.86. The lowest BCUT2D eigenvalue weighted by Crippen LogP contribution is -2.43. The highest BCUT2D eigenvalue weighted by Crippen LogP contribution is 2.59. The quantitative estimate of drug-likeness (QED) is 0.780. The molecule has 3 aliphatic carbocycles. The molecule has 1 saturated carbocycles. The summed E-state index contributed by atoms with van der Waals surface area (Å²) in [5.41, 5.74) is 11.3. The Bertz CT molecular complexity index is 834. The number of phenolic OH excluding ortho intramolecular Hbond substituents is 1. The molecule has 1 aromatic heterocycles. The van der Waals surface area contributed by atoms with E-state index in [4.69, 9.17) is 5.73 Å². The fourth-order valence-electron chi connectivity index (χ4n) is 5.86. The van der Waals surface area contributed by atoms with E-state index in [0.717, 1.165) is 19.3 Å². The molecule has 3 aliphatic rings. The minimum absolute atomic E-state index is 0.141. The van der Waals surface area contributed by atoms with Gasteiger partial charge in [0, 0.05) is 11.6 Å². The maximum atomic E-state index is 9.79. The number of nitrogen functional groups attached to an aromatic ring is 1. The summed E-state index contributed by atoms with van der Waals surface area (Å²) in [6.45, 7) is 2.39. The molecule has 5 rings (SSSR count). The van der Waals surface area contributed by atoms with Crippen LogP contribution in [0.25, 0.3) is 0 Å². The van der Waals surface area contributed by atoms with Crippen LogP contribution in [0.3, 0.4) is 0 Å². The van der Waals surface area contributed by atoms with Crippen molar-refractivity contribution in [3.63, 3.8) is 0 Å². The molecule has 1 fully saturated rings. The second-order valence-electron chi connectivity index (χ2n) is 8.06. The first-order valence-corrected chi connectivity index (χ1v) is 9.00. The van der Waals surface area contributed by atoms with Crippen molar-refractivity contribution < 1.29 is 5.11 Å². The van der Waals surface area contributed by atoms with Gasteiger partial charge in [-0.1, -0.05) is 13.0 Å². The maximum absolute atomic E-state index is 9.79. The average molecular weight is 321 g/mol. The van der Waals surface area contributed by atoms with Crippen molar-refractivity contribution in [3.8, 4) is 5.75 Å². The van der Waals surface area contributed by atoms with Gasteiger partial charge in [-0.3, -0.25) is 0 Å². The second kappa shape index (κ2) is 4.71. The second-order valence-corrected chi connectivity index (χ2v) is 8.06. The number of aromatic hydroxyl groups is 1. The molecule has 3 N–H and O–H groups in total. The number of anilines is 1. The SMILES string of the molecule is C[C@]12CC[C@@H]3c4ccc(O)cc4CC[C@H]3[C@@H]1Cc1cnc(N)nc12. The minimum atomic E-state index is 0.141. The van der Waals surface area contributed by atoms with E-state index in [9.17, 15) is 5.11 Å². The van der Waals surface area contributed by atoms with Gasteiger partial charge in [0.25, 0.3) is 0 Å². The molecule has 0 saturated heterocycles. The van der Waals surface area contributed by atoms with Crippen molar-refractivity contribution in [3.05, 3.63) is 46.8 Å². The summed E-state index contributed by atoms with van der Waals surface area (Å²) in [4.78, 5) is 8.87. The highest BCUT2D eigenvalue weighted by molar-refractivity contribution is 5.43. The van der Waals surface area contributed by atoms with E-state index >= 15 is 0 Å². The third-order valence-electron chi connectivity index (χ3n) is 6.96. The summed E-state index contributed by atoms with van der Waals surface area (Å²) in [6.07, 6.45) is 7.66. The van der Waals surface area contributed by atoms with E-state index in [2.05, 4.69) is 23.0 Å². The first-order valence-electron chi connectivity index (χ1n) is 9.00. The summed E-state index contributed by atoms with van der Waals surface area (Å²) in [5.74, 6) is 2.74. The van der Waals surface area contributed by atoms with E-state index in [1.807, 2.05) is 18.3 Å². The molecular formula is C20H23N3O. The standard InChI is InChI=1S/C20H23N3O/c1-20-7-6-15-14-5-3-13(24)8-11(14)2-4-16(15)17(20)9-12-10-22-19(21)23-18(12)20/h3,5,8,10,15-17,24H,2,4,6-7,9H2,1H3,(H2,21,22,23)/t15-,16-,17+,20+/m1/s1. The van der Waals surface area contributed by atoms with E-state index < -0.39 is 0 Å². The van der Waals surface area contributed by atoms with Crippen molar-refractivity contribution in [2.45, 2.75) is 50.4 Å². The molecule has 0 bridgehead atoms. The smallest absolute Gasteiger partial charge is 0.220 e. The van der Waals surface area contributed by atoms with Crippen molar-refractivity contribution >= 4 is 5.95 Å². The van der Waals surface area contributed by atoms with Crippen LogP contribution in [0.1, 0.15) is 54.5 Å². The summed E-state index contributed by atoms with van der Waals surface area (Å²) < 4.78 is 0. The summed E-state index contributed by atoms with van der Waals surface area (Å²) >= 11 is 0. The number of hydrogen-bond donors (Lipinski definition) is 2. The van der Waals surface area contributed by atoms with Gasteiger partial charge >= 0.3 is 0 Å². The van der Waals surface area contributed by atoms with Gasteiger partial charge in [0.1, 0.15) is 5.75 Å². The number of hydrogen-bond acceptors (Lipinski definition) is 4. The van der Waals surface area contributed by atoms with Gasteiger partial charge in [0.2, 0.25) is 5.95 Å². The van der Waals surface area contributed by atoms with Gasteiger partial charge in [-0.2, -0.15) is 0 Å². The van der Waals surface area contributed by atoms with Crippen molar-refractivity contribution in [2.24, 2.45) is 11.8 Å². The lowest BCUT2D eigenvalue weighted by atomic mass is 9.55. The van der Waals surface area contributed by atoms with Crippen molar-refractivity contribution in [2.75, 3.05) is 5.73 Å². The van der Waals surface area contributed by atoms with Crippen LogP contribution in [0.4, 0.5) is 5.95 Å². The third-order valence-corrected chi connectivity index (χ3v) is 6.96. The number of nitrogens with zero attached hydrogens (tertiary/aromatic N) is 2. The molecule has 0 amide bonds. The Kier molecular flexibility index (Phi) is 2.80. The molecule has 0 radical (unpaired) electrons. The van der Waals surface area contributed by atoms with Crippen LogP contribution in [-0.2, 0) is 18.3 Å². The summed E-state index contributed by atoms with van der Waals surface area (Å²) in [5, 5.41) is 9.79. The number of phenols is 1. The number of aryl methyl sites for hydroxylation is 1. The first kappa shape index (κ1) is 14.3. The zero-order chi connectivity index (χ0) is 16.5. The predicted molar refractivity (Wildman–Crippen MR) is 92.9 cm³/mol. The average Bonchev–Trinajstić information content (AvgIpc) is 2.87.